The lowest BCUT2D eigenvalue weighted by Crippen LogP contribution is -2.18. The molecule has 12 heteroatoms. The van der Waals surface area contributed by atoms with E-state index in [1.165, 1.54) is 24.3 Å². The molecule has 1 aromatic heterocycles. The number of carbonyl (C=O) groups excluding carboxylic acids is 1. The van der Waals surface area contributed by atoms with Crippen molar-refractivity contribution < 1.29 is 35.9 Å². The number of benzene rings is 2. The Labute approximate surface area is 163 Å². The van der Waals surface area contributed by atoms with Gasteiger partial charge in [-0.15, -0.1) is 13.2 Å². The average Bonchev–Trinajstić information content (AvgIpc) is 3.08. The van der Waals surface area contributed by atoms with Gasteiger partial charge in [0.2, 0.25) is 5.13 Å². The minimum atomic E-state index is -4.94. The molecule has 1 N–H and O–H groups in total. The molecule has 0 radical (unpaired) electrons. The monoisotopic (exact) mass is 433 g/mol. The average molecular weight is 433 g/mol. The van der Waals surface area contributed by atoms with Gasteiger partial charge in [-0.3, -0.25) is 10.1 Å². The summed E-state index contributed by atoms with van der Waals surface area (Å²) in [5.41, 5.74) is -1.86. The first-order valence-electron chi connectivity index (χ1n) is 7.71. The molecule has 1 heterocycles. The first-order valence-corrected chi connectivity index (χ1v) is 8.48. The Morgan fingerprint density at radius 1 is 0.966 bits per heavy atom. The van der Waals surface area contributed by atoms with Crippen molar-refractivity contribution in [3.63, 3.8) is 0 Å². The van der Waals surface area contributed by atoms with Crippen LogP contribution < -0.4 is 10.1 Å². The van der Waals surface area contributed by atoms with Crippen LogP contribution in [0.4, 0.5) is 31.5 Å². The number of nitrogens with zero attached hydrogens (tertiary/aromatic N) is 2. The van der Waals surface area contributed by atoms with Gasteiger partial charge in [0.25, 0.3) is 5.91 Å². The van der Waals surface area contributed by atoms with Gasteiger partial charge in [0.1, 0.15) is 5.75 Å². The normalized spacial score (nSPS) is 11.9. The van der Waals surface area contributed by atoms with Gasteiger partial charge in [-0.2, -0.15) is 22.5 Å². The highest BCUT2D eigenvalue weighted by Crippen LogP contribution is 2.34. The summed E-state index contributed by atoms with van der Waals surface area (Å²) >= 11 is 0.596. The number of para-hydroxylation sites is 1. The van der Waals surface area contributed by atoms with E-state index in [9.17, 15) is 31.1 Å². The number of rotatable bonds is 4. The maximum absolute atomic E-state index is 13.0. The Morgan fingerprint density at radius 3 is 2.31 bits per heavy atom. The quantitative estimate of drug-likeness (QED) is 0.562. The highest BCUT2D eigenvalue weighted by molar-refractivity contribution is 7.10. The number of aromatic nitrogens is 2. The maximum Gasteiger partial charge on any atom is 0.573 e. The maximum atomic E-state index is 13.0. The van der Waals surface area contributed by atoms with E-state index in [1.54, 1.807) is 0 Å². The molecule has 0 spiro atoms. The van der Waals surface area contributed by atoms with Crippen molar-refractivity contribution in [1.82, 2.24) is 9.36 Å². The first-order chi connectivity index (χ1) is 13.5. The van der Waals surface area contributed by atoms with Crippen molar-refractivity contribution in [3.8, 4) is 17.1 Å². The van der Waals surface area contributed by atoms with E-state index in [0.29, 0.717) is 11.5 Å². The van der Waals surface area contributed by atoms with Crippen molar-refractivity contribution in [2.75, 3.05) is 5.32 Å². The van der Waals surface area contributed by atoms with Gasteiger partial charge in [-0.25, -0.2) is 0 Å². The van der Waals surface area contributed by atoms with Crippen molar-refractivity contribution in [1.29, 1.82) is 0 Å². The van der Waals surface area contributed by atoms with Crippen LogP contribution in [0.5, 0.6) is 5.75 Å². The Hall–Kier alpha value is -3.15. The van der Waals surface area contributed by atoms with Crippen LogP contribution in [0.1, 0.15) is 15.9 Å². The van der Waals surface area contributed by atoms with Crippen LogP contribution in [0.2, 0.25) is 0 Å². The van der Waals surface area contributed by atoms with Gasteiger partial charge in [0.05, 0.1) is 16.7 Å². The standard InChI is InChI=1S/C17H9F6N3O2S/c18-16(19,20)11-7-3-1-5-9(11)14(27)25-15-24-13(26-29-15)10-6-2-4-8-12(10)28-17(21,22)23/h1-8H,(H,24,25,26,27). The summed E-state index contributed by atoms with van der Waals surface area (Å²) in [5.74, 6) is -1.83. The lowest BCUT2D eigenvalue weighted by atomic mass is 10.1. The number of carbonyl (C=O) groups is 1. The van der Waals surface area contributed by atoms with Gasteiger partial charge < -0.3 is 4.74 Å². The summed E-state index contributed by atoms with van der Waals surface area (Å²) in [4.78, 5) is 16.1. The lowest BCUT2D eigenvalue weighted by Gasteiger charge is -2.11. The molecule has 3 aromatic rings. The molecule has 1 amide bonds. The molecule has 0 saturated carbocycles. The number of amides is 1. The number of anilines is 1. The zero-order valence-corrected chi connectivity index (χ0v) is 14.8. The number of alkyl halides is 6. The molecule has 29 heavy (non-hydrogen) atoms. The van der Waals surface area contributed by atoms with E-state index in [-0.39, 0.29) is 16.5 Å². The van der Waals surface area contributed by atoms with Crippen LogP contribution in [0.25, 0.3) is 11.4 Å². The zero-order valence-electron chi connectivity index (χ0n) is 14.0. The molecule has 5 nitrogen and oxygen atoms in total. The van der Waals surface area contributed by atoms with E-state index >= 15 is 0 Å². The van der Waals surface area contributed by atoms with E-state index in [4.69, 9.17) is 0 Å². The summed E-state index contributed by atoms with van der Waals surface area (Å²) in [7, 11) is 0. The van der Waals surface area contributed by atoms with E-state index in [2.05, 4.69) is 19.4 Å². The summed E-state index contributed by atoms with van der Waals surface area (Å²) in [6.07, 6.45) is -9.68. The smallest absolute Gasteiger partial charge is 0.405 e. The van der Waals surface area contributed by atoms with Gasteiger partial charge in [-0.1, -0.05) is 24.3 Å². The van der Waals surface area contributed by atoms with Crippen LogP contribution in [-0.4, -0.2) is 21.6 Å². The molecule has 152 valence electrons. The van der Waals surface area contributed by atoms with E-state index < -0.39 is 35.3 Å². The van der Waals surface area contributed by atoms with Crippen molar-refractivity contribution >= 4 is 22.6 Å². The van der Waals surface area contributed by atoms with Gasteiger partial charge in [-0.05, 0) is 24.3 Å². The Morgan fingerprint density at radius 2 is 1.62 bits per heavy atom. The predicted octanol–water partition coefficient (Wildman–Crippen LogP) is 5.37. The number of halogens is 6. The van der Waals surface area contributed by atoms with E-state index in [0.717, 1.165) is 24.3 Å². The molecule has 0 unspecified atom stereocenters. The Kier molecular flexibility index (Phi) is 5.46. The minimum Gasteiger partial charge on any atom is -0.405 e. The van der Waals surface area contributed by atoms with Gasteiger partial charge in [0.15, 0.2) is 5.82 Å². The van der Waals surface area contributed by atoms with Crippen LogP contribution in [0, 0.1) is 0 Å². The molecule has 0 bridgehead atoms. The molecule has 0 aliphatic carbocycles. The Balaban J connectivity index is 1.85. The fourth-order valence-electron chi connectivity index (χ4n) is 2.34. The molecule has 3 rings (SSSR count). The second kappa shape index (κ2) is 7.70. The second-order valence-corrected chi connectivity index (χ2v) is 6.22. The first kappa shape index (κ1) is 20.6. The molecule has 0 atom stereocenters. The molecular formula is C17H9F6N3O2S. The van der Waals surface area contributed by atoms with Crippen molar-refractivity contribution in [3.05, 3.63) is 59.7 Å². The Bertz CT molecular complexity index is 1030. The number of hydrogen-bond donors (Lipinski definition) is 1. The van der Waals surface area contributed by atoms with Crippen LogP contribution in [0.15, 0.2) is 48.5 Å². The summed E-state index contributed by atoms with van der Waals surface area (Å²) in [6.45, 7) is 0. The topological polar surface area (TPSA) is 64.1 Å². The molecule has 0 aliphatic rings. The van der Waals surface area contributed by atoms with Crippen molar-refractivity contribution in [2.24, 2.45) is 0 Å². The predicted molar refractivity (Wildman–Crippen MR) is 91.4 cm³/mol. The van der Waals surface area contributed by atoms with E-state index in [1.807, 2.05) is 0 Å². The summed E-state index contributed by atoms with van der Waals surface area (Å²) < 4.78 is 84.5. The SMILES string of the molecule is O=C(Nc1nc(-c2ccccc2OC(F)(F)F)ns1)c1ccccc1C(F)(F)F. The van der Waals surface area contributed by atoms with Crippen LogP contribution in [0.3, 0.4) is 0 Å². The molecule has 2 aromatic carbocycles. The lowest BCUT2D eigenvalue weighted by molar-refractivity contribution is -0.274. The van der Waals surface area contributed by atoms with Crippen LogP contribution >= 0.6 is 11.5 Å². The second-order valence-electron chi connectivity index (χ2n) is 5.46. The third-order valence-electron chi connectivity index (χ3n) is 3.48. The number of nitrogens with one attached hydrogen (secondary N) is 1. The molecule has 0 saturated heterocycles. The molecular weight excluding hydrogens is 424 g/mol. The largest absolute Gasteiger partial charge is 0.573 e. The summed E-state index contributed by atoms with van der Waals surface area (Å²) in [6, 6.07) is 9.22. The fraction of sp³-hybridized carbons (Fsp3) is 0.118. The summed E-state index contributed by atoms with van der Waals surface area (Å²) in [5, 5.41) is 1.98. The zero-order chi connectivity index (χ0) is 21.2. The van der Waals surface area contributed by atoms with Crippen LogP contribution in [-0.2, 0) is 6.18 Å². The number of hydrogen-bond acceptors (Lipinski definition) is 5. The molecule has 0 fully saturated rings. The van der Waals surface area contributed by atoms with Gasteiger partial charge in [0, 0.05) is 11.5 Å². The van der Waals surface area contributed by atoms with Gasteiger partial charge >= 0.3 is 12.5 Å². The highest BCUT2D eigenvalue weighted by atomic mass is 32.1. The third kappa shape index (κ3) is 5.02. The minimum absolute atomic E-state index is 0.0998. The highest BCUT2D eigenvalue weighted by Gasteiger charge is 2.35. The fourth-order valence-corrected chi connectivity index (χ4v) is 2.92. The third-order valence-corrected chi connectivity index (χ3v) is 4.11. The molecule has 0 aliphatic heterocycles. The number of ether oxygens (including phenoxy) is 1. The van der Waals surface area contributed by atoms with Crippen molar-refractivity contribution in [2.45, 2.75) is 12.5 Å².